The average Bonchev–Trinajstić information content (AvgIpc) is 2.58. The van der Waals surface area contributed by atoms with E-state index in [2.05, 4.69) is 5.32 Å². The van der Waals surface area contributed by atoms with Crippen LogP contribution in [0.2, 0.25) is 0 Å². The second-order valence-corrected chi connectivity index (χ2v) is 6.72. The summed E-state index contributed by atoms with van der Waals surface area (Å²) in [5.74, 6) is -0.488. The van der Waals surface area contributed by atoms with Crippen molar-refractivity contribution in [1.29, 1.82) is 0 Å². The number of anilines is 1. The normalized spacial score (nSPS) is 11.1. The molecule has 140 valence electrons. The lowest BCUT2D eigenvalue weighted by Gasteiger charge is -2.17. The van der Waals surface area contributed by atoms with E-state index in [4.69, 9.17) is 4.42 Å². The summed E-state index contributed by atoms with van der Waals surface area (Å²) < 4.78 is 19.0. The van der Waals surface area contributed by atoms with E-state index >= 15 is 0 Å². The zero-order valence-corrected chi connectivity index (χ0v) is 15.5. The minimum atomic E-state index is -0.397. The van der Waals surface area contributed by atoms with Crippen LogP contribution in [0.3, 0.4) is 0 Å². The maximum Gasteiger partial charge on any atom is 0.336 e. The minimum Gasteiger partial charge on any atom is -0.423 e. The van der Waals surface area contributed by atoms with E-state index in [1.165, 1.54) is 12.1 Å². The fraction of sp³-hybridized carbons (Fsp3) is 0.238. The average molecular weight is 368 g/mol. The highest BCUT2D eigenvalue weighted by molar-refractivity contribution is 5.96. The van der Waals surface area contributed by atoms with Crippen LogP contribution in [0, 0.1) is 19.7 Å². The zero-order chi connectivity index (χ0) is 19.6. The molecule has 0 saturated carbocycles. The Morgan fingerprint density at radius 1 is 1.15 bits per heavy atom. The molecule has 0 aliphatic rings. The van der Waals surface area contributed by atoms with Crippen LogP contribution in [0.25, 0.3) is 11.0 Å². The van der Waals surface area contributed by atoms with Crippen molar-refractivity contribution in [2.75, 3.05) is 18.9 Å². The number of amides is 1. The first kappa shape index (κ1) is 18.8. The van der Waals surface area contributed by atoms with Crippen LogP contribution in [0.15, 0.2) is 51.7 Å². The zero-order valence-electron chi connectivity index (χ0n) is 15.5. The number of likely N-dealkylation sites (N-methyl/N-ethyl adjacent to an activating group) is 1. The Morgan fingerprint density at radius 2 is 1.89 bits per heavy atom. The van der Waals surface area contributed by atoms with Gasteiger partial charge in [0.25, 0.3) is 0 Å². The molecule has 0 bridgehead atoms. The van der Waals surface area contributed by atoms with Gasteiger partial charge in [-0.3, -0.25) is 9.69 Å². The van der Waals surface area contributed by atoms with Crippen molar-refractivity contribution in [3.63, 3.8) is 0 Å². The number of rotatable bonds is 5. The van der Waals surface area contributed by atoms with Crippen molar-refractivity contribution < 1.29 is 13.6 Å². The third-order valence-corrected chi connectivity index (χ3v) is 4.38. The van der Waals surface area contributed by atoms with Crippen molar-refractivity contribution in [2.45, 2.75) is 20.4 Å². The van der Waals surface area contributed by atoms with Crippen molar-refractivity contribution in [3.8, 4) is 0 Å². The fourth-order valence-corrected chi connectivity index (χ4v) is 3.01. The van der Waals surface area contributed by atoms with Gasteiger partial charge in [0.2, 0.25) is 5.91 Å². The summed E-state index contributed by atoms with van der Waals surface area (Å²) in [7, 11) is 1.76. The summed E-state index contributed by atoms with van der Waals surface area (Å²) in [5, 5.41) is 3.65. The van der Waals surface area contributed by atoms with E-state index in [0.717, 1.165) is 16.5 Å². The maximum atomic E-state index is 13.7. The highest BCUT2D eigenvalue weighted by atomic mass is 19.1. The largest absolute Gasteiger partial charge is 0.423 e. The van der Waals surface area contributed by atoms with Gasteiger partial charge in [-0.15, -0.1) is 0 Å². The Bertz CT molecular complexity index is 1060. The molecule has 3 rings (SSSR count). The van der Waals surface area contributed by atoms with Gasteiger partial charge in [-0.05, 0) is 50.2 Å². The molecule has 1 aromatic heterocycles. The quantitative estimate of drug-likeness (QED) is 0.699. The predicted octanol–water partition coefficient (Wildman–Crippen LogP) is 3.62. The summed E-state index contributed by atoms with van der Waals surface area (Å²) in [4.78, 5) is 25.7. The molecule has 0 radical (unpaired) electrons. The summed E-state index contributed by atoms with van der Waals surface area (Å²) in [6.07, 6.45) is 0. The fourth-order valence-electron chi connectivity index (χ4n) is 3.01. The smallest absolute Gasteiger partial charge is 0.336 e. The van der Waals surface area contributed by atoms with Gasteiger partial charge in [-0.25, -0.2) is 9.18 Å². The highest BCUT2D eigenvalue weighted by Gasteiger charge is 2.12. The number of carbonyl (C=O) groups excluding carboxylic acids is 1. The summed E-state index contributed by atoms with van der Waals surface area (Å²) >= 11 is 0. The molecule has 0 unspecified atom stereocenters. The molecule has 1 heterocycles. The number of benzene rings is 2. The summed E-state index contributed by atoms with van der Waals surface area (Å²) in [5.41, 5.74) is 2.87. The van der Waals surface area contributed by atoms with Gasteiger partial charge in [-0.1, -0.05) is 18.2 Å². The third kappa shape index (κ3) is 4.41. The summed E-state index contributed by atoms with van der Waals surface area (Å²) in [6, 6.07) is 11.5. The van der Waals surface area contributed by atoms with Crippen molar-refractivity contribution in [2.24, 2.45) is 0 Å². The van der Waals surface area contributed by atoms with Crippen LogP contribution < -0.4 is 10.9 Å². The van der Waals surface area contributed by atoms with E-state index in [0.29, 0.717) is 23.4 Å². The first-order chi connectivity index (χ1) is 12.8. The van der Waals surface area contributed by atoms with E-state index in [1.807, 2.05) is 13.8 Å². The third-order valence-electron chi connectivity index (χ3n) is 4.38. The number of nitrogens with one attached hydrogen (secondary N) is 1. The number of aryl methyl sites for hydroxylation is 2. The van der Waals surface area contributed by atoms with Crippen LogP contribution in [0.5, 0.6) is 0 Å². The van der Waals surface area contributed by atoms with Crippen molar-refractivity contribution in [1.82, 2.24) is 4.90 Å². The van der Waals surface area contributed by atoms with Crippen molar-refractivity contribution in [3.05, 3.63) is 75.4 Å². The van der Waals surface area contributed by atoms with Crippen LogP contribution in [0.1, 0.15) is 16.7 Å². The van der Waals surface area contributed by atoms with E-state index in [9.17, 15) is 14.0 Å². The topological polar surface area (TPSA) is 62.6 Å². The number of carbonyl (C=O) groups is 1. The van der Waals surface area contributed by atoms with Gasteiger partial charge in [0, 0.05) is 29.2 Å². The lowest BCUT2D eigenvalue weighted by molar-refractivity contribution is -0.117. The Labute approximate surface area is 156 Å². The first-order valence-corrected chi connectivity index (χ1v) is 8.60. The molecule has 3 aromatic rings. The van der Waals surface area contributed by atoms with Crippen molar-refractivity contribution >= 4 is 22.6 Å². The summed E-state index contributed by atoms with van der Waals surface area (Å²) in [6.45, 7) is 4.11. The highest BCUT2D eigenvalue weighted by Crippen LogP contribution is 2.25. The first-order valence-electron chi connectivity index (χ1n) is 8.60. The molecule has 2 aromatic carbocycles. The second-order valence-electron chi connectivity index (χ2n) is 6.72. The van der Waals surface area contributed by atoms with Crippen LogP contribution >= 0.6 is 0 Å². The van der Waals surface area contributed by atoms with Crippen LogP contribution in [-0.4, -0.2) is 24.4 Å². The van der Waals surface area contributed by atoms with Gasteiger partial charge in [0.1, 0.15) is 11.4 Å². The van der Waals surface area contributed by atoms with Crippen LogP contribution in [0.4, 0.5) is 10.1 Å². The van der Waals surface area contributed by atoms with Crippen LogP contribution in [-0.2, 0) is 11.3 Å². The molecule has 1 N–H and O–H groups in total. The Balaban J connectivity index is 1.73. The van der Waals surface area contributed by atoms with Gasteiger partial charge in [0.05, 0.1) is 6.54 Å². The number of hydrogen-bond acceptors (Lipinski definition) is 4. The standard InChI is InChI=1S/C21H21FN2O3/c1-13-9-21(26)27-19-8-14(2)18(10-16(13)19)23-20(25)12-24(3)11-15-6-4-5-7-17(15)22/h4-10H,11-12H2,1-3H3,(H,23,25). The lowest BCUT2D eigenvalue weighted by atomic mass is 10.1. The molecule has 0 spiro atoms. The number of nitrogens with zero attached hydrogens (tertiary/aromatic N) is 1. The monoisotopic (exact) mass is 368 g/mol. The molecule has 27 heavy (non-hydrogen) atoms. The van der Waals surface area contributed by atoms with E-state index in [-0.39, 0.29) is 18.3 Å². The Kier molecular flexibility index (Phi) is 5.37. The molecule has 0 aliphatic heterocycles. The number of halogens is 1. The Hall–Kier alpha value is -2.99. The van der Waals surface area contributed by atoms with Gasteiger partial charge >= 0.3 is 5.63 Å². The molecule has 6 heteroatoms. The minimum absolute atomic E-state index is 0.120. The molecule has 0 fully saturated rings. The molecule has 0 saturated heterocycles. The molecular formula is C21H21FN2O3. The molecular weight excluding hydrogens is 347 g/mol. The number of hydrogen-bond donors (Lipinski definition) is 1. The SMILES string of the molecule is Cc1cc2oc(=O)cc(C)c2cc1NC(=O)CN(C)Cc1ccccc1F. The maximum absolute atomic E-state index is 13.7. The van der Waals surface area contributed by atoms with E-state index in [1.54, 1.807) is 42.3 Å². The van der Waals surface area contributed by atoms with E-state index < -0.39 is 5.63 Å². The van der Waals surface area contributed by atoms with Gasteiger partial charge in [0.15, 0.2) is 0 Å². The predicted molar refractivity (Wildman–Crippen MR) is 103 cm³/mol. The molecule has 1 amide bonds. The molecule has 5 nitrogen and oxygen atoms in total. The lowest BCUT2D eigenvalue weighted by Crippen LogP contribution is -2.30. The second kappa shape index (κ2) is 7.72. The Morgan fingerprint density at radius 3 is 2.63 bits per heavy atom. The molecule has 0 aliphatic carbocycles. The molecule has 0 atom stereocenters. The van der Waals surface area contributed by atoms with Gasteiger partial charge in [-0.2, -0.15) is 0 Å². The van der Waals surface area contributed by atoms with Gasteiger partial charge < -0.3 is 9.73 Å². The number of fused-ring (bicyclic) bond motifs is 1.